The van der Waals surface area contributed by atoms with Crippen molar-refractivity contribution in [2.45, 2.75) is 13.5 Å². The number of nitrogens with one attached hydrogen (secondary N) is 1. The molecule has 1 heterocycles. The summed E-state index contributed by atoms with van der Waals surface area (Å²) in [5.74, 6) is -2.91. The molecule has 1 N–H and O–H groups in total. The first-order chi connectivity index (χ1) is 13.4. The maximum atomic E-state index is 13.5. The monoisotopic (exact) mass is 387 g/mol. The van der Waals surface area contributed by atoms with Crippen LogP contribution in [0.25, 0.3) is 11.4 Å². The van der Waals surface area contributed by atoms with E-state index >= 15 is 0 Å². The molecule has 0 aliphatic rings. The molecule has 0 saturated carbocycles. The van der Waals surface area contributed by atoms with Gasteiger partial charge in [0.05, 0.1) is 5.69 Å². The van der Waals surface area contributed by atoms with Crippen LogP contribution in [0.1, 0.15) is 5.56 Å². The van der Waals surface area contributed by atoms with Crippen molar-refractivity contribution in [1.82, 2.24) is 20.2 Å². The zero-order valence-electron chi connectivity index (χ0n) is 14.7. The minimum Gasteiger partial charge on any atom is -0.454 e. The molecule has 0 spiro atoms. The molecule has 3 rings (SSSR count). The van der Waals surface area contributed by atoms with Gasteiger partial charge in [0.1, 0.15) is 11.6 Å². The topological polar surface area (TPSA) is 99.0 Å². The number of aromatic nitrogens is 4. The fraction of sp³-hybridized carbons (Fsp3) is 0.167. The summed E-state index contributed by atoms with van der Waals surface area (Å²) < 4.78 is 31.1. The summed E-state index contributed by atoms with van der Waals surface area (Å²) in [5.41, 5.74) is 1.60. The number of halogens is 2. The predicted molar refractivity (Wildman–Crippen MR) is 93.9 cm³/mol. The normalized spacial score (nSPS) is 10.5. The minimum absolute atomic E-state index is 0.219. The maximum absolute atomic E-state index is 13.5. The lowest BCUT2D eigenvalue weighted by Crippen LogP contribution is -2.24. The molecule has 0 unspecified atom stereocenters. The molecule has 2 aromatic carbocycles. The van der Waals surface area contributed by atoms with E-state index < -0.39 is 30.1 Å². The second-order valence-corrected chi connectivity index (χ2v) is 5.84. The Kier molecular flexibility index (Phi) is 5.68. The van der Waals surface area contributed by atoms with Crippen LogP contribution < -0.4 is 5.32 Å². The Bertz CT molecular complexity index is 1000. The van der Waals surface area contributed by atoms with E-state index in [0.717, 1.165) is 28.1 Å². The van der Waals surface area contributed by atoms with E-state index in [1.807, 2.05) is 31.2 Å². The van der Waals surface area contributed by atoms with Crippen molar-refractivity contribution >= 4 is 17.6 Å². The number of anilines is 1. The lowest BCUT2D eigenvalue weighted by atomic mass is 10.1. The van der Waals surface area contributed by atoms with Crippen molar-refractivity contribution in [1.29, 1.82) is 0 Å². The number of benzene rings is 2. The van der Waals surface area contributed by atoms with Crippen LogP contribution in [0.4, 0.5) is 14.5 Å². The molecule has 0 aliphatic carbocycles. The molecule has 0 radical (unpaired) electrons. The Labute approximate surface area is 158 Å². The van der Waals surface area contributed by atoms with Gasteiger partial charge in [0, 0.05) is 11.6 Å². The van der Waals surface area contributed by atoms with Crippen molar-refractivity contribution in [3.05, 3.63) is 59.7 Å². The number of carbonyl (C=O) groups excluding carboxylic acids is 2. The van der Waals surface area contributed by atoms with Gasteiger partial charge < -0.3 is 10.1 Å². The van der Waals surface area contributed by atoms with Gasteiger partial charge in [-0.1, -0.05) is 29.8 Å². The van der Waals surface area contributed by atoms with Gasteiger partial charge in [-0.2, -0.15) is 4.80 Å². The number of hydrogen-bond donors (Lipinski definition) is 1. The minimum atomic E-state index is -0.935. The molecule has 144 valence electrons. The fourth-order valence-corrected chi connectivity index (χ4v) is 2.21. The summed E-state index contributed by atoms with van der Waals surface area (Å²) in [6.07, 6.45) is 0. The zero-order valence-corrected chi connectivity index (χ0v) is 14.7. The number of hydrogen-bond acceptors (Lipinski definition) is 6. The van der Waals surface area contributed by atoms with Crippen molar-refractivity contribution in [2.75, 3.05) is 11.9 Å². The van der Waals surface area contributed by atoms with E-state index in [2.05, 4.69) is 20.7 Å². The first kappa shape index (κ1) is 19.1. The highest BCUT2D eigenvalue weighted by atomic mass is 19.1. The van der Waals surface area contributed by atoms with Crippen LogP contribution in [0.2, 0.25) is 0 Å². The molecule has 0 atom stereocenters. The number of aryl methyl sites for hydroxylation is 1. The molecule has 1 aromatic heterocycles. The highest BCUT2D eigenvalue weighted by Gasteiger charge is 2.13. The summed E-state index contributed by atoms with van der Waals surface area (Å²) in [6, 6.07) is 10.1. The van der Waals surface area contributed by atoms with Gasteiger partial charge in [-0.15, -0.1) is 10.2 Å². The molecule has 0 bridgehead atoms. The van der Waals surface area contributed by atoms with Crippen molar-refractivity contribution in [3.63, 3.8) is 0 Å². The summed E-state index contributed by atoms with van der Waals surface area (Å²) in [5, 5.41) is 13.9. The smallest absolute Gasteiger partial charge is 0.330 e. The van der Waals surface area contributed by atoms with E-state index in [1.54, 1.807) is 0 Å². The first-order valence-electron chi connectivity index (χ1n) is 8.16. The van der Waals surface area contributed by atoms with Gasteiger partial charge in [0.2, 0.25) is 5.82 Å². The van der Waals surface area contributed by atoms with Crippen LogP contribution in [0.5, 0.6) is 0 Å². The highest BCUT2D eigenvalue weighted by Crippen LogP contribution is 2.15. The number of amides is 1. The Hall–Kier alpha value is -3.69. The van der Waals surface area contributed by atoms with Gasteiger partial charge in [-0.05, 0) is 24.3 Å². The van der Waals surface area contributed by atoms with Gasteiger partial charge in [-0.3, -0.25) is 4.79 Å². The molecule has 8 nitrogen and oxygen atoms in total. The first-order valence-corrected chi connectivity index (χ1v) is 8.16. The van der Waals surface area contributed by atoms with E-state index in [1.165, 1.54) is 0 Å². The molecule has 10 heteroatoms. The number of esters is 1. The molecule has 3 aromatic rings. The van der Waals surface area contributed by atoms with E-state index in [0.29, 0.717) is 11.9 Å². The highest BCUT2D eigenvalue weighted by molar-refractivity contribution is 5.92. The molecule has 28 heavy (non-hydrogen) atoms. The fourth-order valence-electron chi connectivity index (χ4n) is 2.21. The van der Waals surface area contributed by atoms with Gasteiger partial charge >= 0.3 is 5.97 Å². The molecular weight excluding hydrogens is 372 g/mol. The van der Waals surface area contributed by atoms with Crippen LogP contribution in [-0.2, 0) is 20.9 Å². The average Bonchev–Trinajstić information content (AvgIpc) is 3.11. The van der Waals surface area contributed by atoms with E-state index in [-0.39, 0.29) is 12.2 Å². The van der Waals surface area contributed by atoms with Crippen LogP contribution in [0.3, 0.4) is 0 Å². The second kappa shape index (κ2) is 8.33. The van der Waals surface area contributed by atoms with Crippen molar-refractivity contribution < 1.29 is 23.1 Å². The number of tetrazole rings is 1. The molecule has 1 amide bonds. The number of nitrogens with zero attached hydrogens (tertiary/aromatic N) is 4. The third-order valence-corrected chi connectivity index (χ3v) is 3.60. The van der Waals surface area contributed by atoms with Gasteiger partial charge in [0.25, 0.3) is 5.91 Å². The Morgan fingerprint density at radius 1 is 1.14 bits per heavy atom. The van der Waals surface area contributed by atoms with Gasteiger partial charge in [-0.25, -0.2) is 13.6 Å². The third-order valence-electron chi connectivity index (χ3n) is 3.60. The quantitative estimate of drug-likeness (QED) is 0.651. The molecule has 0 saturated heterocycles. The van der Waals surface area contributed by atoms with Crippen LogP contribution in [0.15, 0.2) is 42.5 Å². The Morgan fingerprint density at radius 2 is 1.89 bits per heavy atom. The predicted octanol–water partition coefficient (Wildman–Crippen LogP) is 2.11. The molecule has 0 fully saturated rings. The van der Waals surface area contributed by atoms with Crippen molar-refractivity contribution in [2.24, 2.45) is 0 Å². The third kappa shape index (κ3) is 4.93. The maximum Gasteiger partial charge on any atom is 0.330 e. The zero-order chi connectivity index (χ0) is 20.1. The lowest BCUT2D eigenvalue weighted by molar-refractivity contribution is -0.148. The Morgan fingerprint density at radius 3 is 2.61 bits per heavy atom. The van der Waals surface area contributed by atoms with Crippen LogP contribution in [-0.4, -0.2) is 38.7 Å². The lowest BCUT2D eigenvalue weighted by Gasteiger charge is -2.07. The summed E-state index contributed by atoms with van der Waals surface area (Å²) in [7, 11) is 0. The standard InChI is InChI=1S/C18H15F2N5O3/c1-11-2-4-12(5-3-11)18-22-24-25(23-18)9-17(27)28-10-16(26)21-15-7-6-13(19)8-14(15)20/h2-8H,9-10H2,1H3,(H,21,26). The number of rotatable bonds is 6. The number of ether oxygens (including phenoxy) is 1. The van der Waals surface area contributed by atoms with Gasteiger partial charge in [0.15, 0.2) is 13.2 Å². The Balaban J connectivity index is 1.50. The van der Waals surface area contributed by atoms with Crippen LogP contribution >= 0.6 is 0 Å². The second-order valence-electron chi connectivity index (χ2n) is 5.84. The largest absolute Gasteiger partial charge is 0.454 e. The van der Waals surface area contributed by atoms with E-state index in [4.69, 9.17) is 4.74 Å². The van der Waals surface area contributed by atoms with Crippen LogP contribution in [0, 0.1) is 18.6 Å². The summed E-state index contributed by atoms with van der Waals surface area (Å²) in [4.78, 5) is 24.6. The SMILES string of the molecule is Cc1ccc(-c2nnn(CC(=O)OCC(=O)Nc3ccc(F)cc3F)n2)cc1. The van der Waals surface area contributed by atoms with E-state index in [9.17, 15) is 18.4 Å². The molecule has 0 aliphatic heterocycles. The summed E-state index contributed by atoms with van der Waals surface area (Å²) >= 11 is 0. The average molecular weight is 387 g/mol. The number of carbonyl (C=O) groups is 2. The molecular formula is C18H15F2N5O3. The summed E-state index contributed by atoms with van der Waals surface area (Å²) in [6.45, 7) is 0.955. The van der Waals surface area contributed by atoms with Crippen molar-refractivity contribution in [3.8, 4) is 11.4 Å².